The smallest absolute Gasteiger partial charge is 0.191 e. The van der Waals surface area contributed by atoms with Crippen molar-refractivity contribution in [2.75, 3.05) is 20.7 Å². The predicted molar refractivity (Wildman–Crippen MR) is 120 cm³/mol. The van der Waals surface area contributed by atoms with E-state index in [2.05, 4.69) is 78.0 Å². The fraction of sp³-hybridized carbons (Fsp3) is 0.381. The van der Waals surface area contributed by atoms with E-state index in [1.54, 1.807) is 14.2 Å². The fourth-order valence-corrected chi connectivity index (χ4v) is 2.75. The maximum absolute atomic E-state index is 5.19. The highest BCUT2D eigenvalue weighted by Crippen LogP contribution is 2.15. The van der Waals surface area contributed by atoms with E-state index in [1.165, 1.54) is 22.3 Å². The standard InChI is InChI=1S/C21H29N3O.HI/c1-16-7-5-10-20(11-16)17(2)13-23-21(22-3)24-14-18-8-6-9-19(12-18)15-25-4;/h5-12,17H,13-15H2,1-4H3,(H2,22,23,24);1H. The molecule has 0 aliphatic heterocycles. The van der Waals surface area contributed by atoms with Crippen molar-refractivity contribution in [3.05, 3.63) is 70.8 Å². The summed E-state index contributed by atoms with van der Waals surface area (Å²) in [4.78, 5) is 4.31. The number of hydrogen-bond acceptors (Lipinski definition) is 2. The van der Waals surface area contributed by atoms with E-state index in [-0.39, 0.29) is 24.0 Å². The molecular weight excluding hydrogens is 437 g/mol. The molecule has 2 aromatic rings. The summed E-state index contributed by atoms with van der Waals surface area (Å²) in [7, 11) is 3.51. The van der Waals surface area contributed by atoms with Crippen molar-refractivity contribution in [3.63, 3.8) is 0 Å². The molecule has 1 atom stereocenters. The number of nitrogens with zero attached hydrogens (tertiary/aromatic N) is 1. The summed E-state index contributed by atoms with van der Waals surface area (Å²) in [5, 5.41) is 6.78. The van der Waals surface area contributed by atoms with E-state index >= 15 is 0 Å². The zero-order chi connectivity index (χ0) is 18.1. The number of methoxy groups -OCH3 is 1. The summed E-state index contributed by atoms with van der Waals surface area (Å²) in [6.45, 7) is 6.56. The van der Waals surface area contributed by atoms with Crippen molar-refractivity contribution in [2.24, 2.45) is 4.99 Å². The molecule has 2 aromatic carbocycles. The van der Waals surface area contributed by atoms with Crippen molar-refractivity contribution in [1.29, 1.82) is 0 Å². The second-order valence-electron chi connectivity index (χ2n) is 6.37. The molecule has 0 radical (unpaired) electrons. The molecule has 0 saturated carbocycles. The third-order valence-electron chi connectivity index (χ3n) is 4.17. The average molecular weight is 467 g/mol. The Labute approximate surface area is 174 Å². The second-order valence-corrected chi connectivity index (χ2v) is 6.37. The maximum atomic E-state index is 5.19. The minimum absolute atomic E-state index is 0. The van der Waals surface area contributed by atoms with Gasteiger partial charge in [-0.05, 0) is 29.5 Å². The van der Waals surface area contributed by atoms with Gasteiger partial charge in [-0.1, -0.05) is 61.0 Å². The van der Waals surface area contributed by atoms with Crippen LogP contribution in [0.2, 0.25) is 0 Å². The van der Waals surface area contributed by atoms with Gasteiger partial charge in [0.05, 0.1) is 6.61 Å². The van der Waals surface area contributed by atoms with Crippen LogP contribution in [-0.4, -0.2) is 26.7 Å². The summed E-state index contributed by atoms with van der Waals surface area (Å²) in [6, 6.07) is 17.0. The van der Waals surface area contributed by atoms with E-state index < -0.39 is 0 Å². The van der Waals surface area contributed by atoms with Gasteiger partial charge in [-0.3, -0.25) is 4.99 Å². The van der Waals surface area contributed by atoms with Crippen LogP contribution in [0, 0.1) is 6.92 Å². The Hall–Kier alpha value is -1.60. The van der Waals surface area contributed by atoms with Crippen molar-refractivity contribution in [3.8, 4) is 0 Å². The van der Waals surface area contributed by atoms with Crippen LogP contribution in [0.25, 0.3) is 0 Å². The topological polar surface area (TPSA) is 45.7 Å². The van der Waals surface area contributed by atoms with Crippen LogP contribution in [-0.2, 0) is 17.9 Å². The van der Waals surface area contributed by atoms with Gasteiger partial charge in [-0.15, -0.1) is 24.0 Å². The molecule has 0 bridgehead atoms. The monoisotopic (exact) mass is 467 g/mol. The Bertz CT molecular complexity index is 703. The number of rotatable bonds is 7. The van der Waals surface area contributed by atoms with Crippen molar-refractivity contribution >= 4 is 29.9 Å². The first kappa shape index (κ1) is 22.4. The molecule has 0 aliphatic carbocycles. The highest BCUT2D eigenvalue weighted by atomic mass is 127. The van der Waals surface area contributed by atoms with Crippen LogP contribution in [0.15, 0.2) is 53.5 Å². The maximum Gasteiger partial charge on any atom is 0.191 e. The Kier molecular flexibility index (Phi) is 10.3. The van der Waals surface area contributed by atoms with E-state index in [9.17, 15) is 0 Å². The molecule has 0 amide bonds. The molecule has 0 saturated heterocycles. The number of ether oxygens (including phenoxy) is 1. The van der Waals surface area contributed by atoms with Crippen molar-refractivity contribution < 1.29 is 4.74 Å². The Morgan fingerprint density at radius 2 is 1.81 bits per heavy atom. The van der Waals surface area contributed by atoms with Crippen LogP contribution < -0.4 is 10.6 Å². The zero-order valence-corrected chi connectivity index (χ0v) is 18.4. The Morgan fingerprint density at radius 1 is 1.08 bits per heavy atom. The summed E-state index contributed by atoms with van der Waals surface area (Å²) < 4.78 is 5.19. The molecule has 5 heteroatoms. The lowest BCUT2D eigenvalue weighted by Gasteiger charge is -2.17. The first-order valence-corrected chi connectivity index (χ1v) is 8.70. The molecule has 2 N–H and O–H groups in total. The van der Waals surface area contributed by atoms with Gasteiger partial charge in [0.25, 0.3) is 0 Å². The molecule has 142 valence electrons. The molecule has 0 aliphatic rings. The number of hydrogen-bond donors (Lipinski definition) is 2. The molecule has 0 spiro atoms. The van der Waals surface area contributed by atoms with Gasteiger partial charge in [0.2, 0.25) is 0 Å². The third-order valence-corrected chi connectivity index (χ3v) is 4.17. The molecule has 0 aromatic heterocycles. The van der Waals surface area contributed by atoms with E-state index in [0.29, 0.717) is 12.5 Å². The normalized spacial score (nSPS) is 12.2. The number of nitrogens with one attached hydrogen (secondary N) is 2. The number of guanidine groups is 1. The largest absolute Gasteiger partial charge is 0.380 e. The first-order chi connectivity index (χ1) is 12.1. The van der Waals surface area contributed by atoms with Crippen LogP contribution >= 0.6 is 24.0 Å². The fourth-order valence-electron chi connectivity index (χ4n) is 2.75. The van der Waals surface area contributed by atoms with Gasteiger partial charge in [0.15, 0.2) is 5.96 Å². The number of aliphatic imine (C=N–C) groups is 1. The van der Waals surface area contributed by atoms with Gasteiger partial charge in [0, 0.05) is 27.2 Å². The van der Waals surface area contributed by atoms with E-state index in [0.717, 1.165) is 19.0 Å². The zero-order valence-electron chi connectivity index (χ0n) is 16.1. The van der Waals surface area contributed by atoms with Gasteiger partial charge in [0.1, 0.15) is 0 Å². The van der Waals surface area contributed by atoms with Gasteiger partial charge in [-0.2, -0.15) is 0 Å². The first-order valence-electron chi connectivity index (χ1n) is 8.70. The minimum Gasteiger partial charge on any atom is -0.380 e. The summed E-state index contributed by atoms with van der Waals surface area (Å²) in [5.41, 5.74) is 5.03. The number of halogens is 1. The van der Waals surface area contributed by atoms with Gasteiger partial charge >= 0.3 is 0 Å². The minimum atomic E-state index is 0. The van der Waals surface area contributed by atoms with Crippen molar-refractivity contribution in [2.45, 2.75) is 32.9 Å². The lowest BCUT2D eigenvalue weighted by Crippen LogP contribution is -2.38. The van der Waals surface area contributed by atoms with Crippen LogP contribution in [0.1, 0.15) is 35.1 Å². The molecule has 0 heterocycles. The van der Waals surface area contributed by atoms with E-state index in [1.807, 2.05) is 0 Å². The quantitative estimate of drug-likeness (QED) is 0.364. The average Bonchev–Trinajstić information content (AvgIpc) is 2.62. The Morgan fingerprint density at radius 3 is 2.50 bits per heavy atom. The molecule has 26 heavy (non-hydrogen) atoms. The lowest BCUT2D eigenvalue weighted by molar-refractivity contribution is 0.185. The molecule has 2 rings (SSSR count). The van der Waals surface area contributed by atoms with Crippen LogP contribution in [0.5, 0.6) is 0 Å². The molecule has 4 nitrogen and oxygen atoms in total. The van der Waals surface area contributed by atoms with Gasteiger partial charge in [-0.25, -0.2) is 0 Å². The summed E-state index contributed by atoms with van der Waals surface area (Å²) in [6.07, 6.45) is 0. The highest BCUT2D eigenvalue weighted by Gasteiger charge is 2.07. The third kappa shape index (κ3) is 7.33. The van der Waals surface area contributed by atoms with E-state index in [4.69, 9.17) is 4.74 Å². The Balaban J connectivity index is 0.00000338. The van der Waals surface area contributed by atoms with Gasteiger partial charge < -0.3 is 15.4 Å². The predicted octanol–water partition coefficient (Wildman–Crippen LogP) is 4.23. The number of benzene rings is 2. The molecule has 0 fully saturated rings. The molecule has 1 unspecified atom stereocenters. The molecular formula is C21H30IN3O. The van der Waals surface area contributed by atoms with Crippen LogP contribution in [0.4, 0.5) is 0 Å². The summed E-state index contributed by atoms with van der Waals surface area (Å²) >= 11 is 0. The SMILES string of the molecule is CN=C(NCc1cccc(COC)c1)NCC(C)c1cccc(C)c1.I. The highest BCUT2D eigenvalue weighted by molar-refractivity contribution is 14.0. The van der Waals surface area contributed by atoms with Crippen molar-refractivity contribution in [1.82, 2.24) is 10.6 Å². The number of aryl methyl sites for hydroxylation is 1. The van der Waals surface area contributed by atoms with Crippen LogP contribution in [0.3, 0.4) is 0 Å². The summed E-state index contributed by atoms with van der Waals surface area (Å²) in [5.74, 6) is 1.24. The second kappa shape index (κ2) is 11.9. The lowest BCUT2D eigenvalue weighted by atomic mass is 9.99.